The first-order valence-electron chi connectivity index (χ1n) is 8.96. The van der Waals surface area contributed by atoms with Crippen LogP contribution in [0.3, 0.4) is 0 Å². The molecule has 0 spiro atoms. The number of hydrogen-bond acceptors (Lipinski definition) is 2. The molecule has 21 heavy (non-hydrogen) atoms. The van der Waals surface area contributed by atoms with Crippen LogP contribution >= 0.6 is 0 Å². The highest BCUT2D eigenvalue weighted by Crippen LogP contribution is 2.45. The van der Waals surface area contributed by atoms with E-state index in [-0.39, 0.29) is 0 Å². The topological polar surface area (TPSA) is 40.5 Å². The zero-order valence-electron chi connectivity index (χ0n) is 13.7. The maximum atomic E-state index is 11.5. The first-order chi connectivity index (χ1) is 9.98. The van der Waals surface area contributed by atoms with Crippen LogP contribution in [0.25, 0.3) is 0 Å². The van der Waals surface area contributed by atoms with Crippen molar-refractivity contribution >= 4 is 5.97 Å². The Bertz CT molecular complexity index is 389. The molecule has 120 valence electrons. The lowest BCUT2D eigenvalue weighted by molar-refractivity contribution is -0.151. The van der Waals surface area contributed by atoms with Gasteiger partial charge in [0.1, 0.15) is 0 Å². The molecule has 3 heteroatoms. The number of carboxylic acid groups (broad SMARTS) is 1. The van der Waals surface area contributed by atoms with Gasteiger partial charge in [0.2, 0.25) is 0 Å². The summed E-state index contributed by atoms with van der Waals surface area (Å²) in [7, 11) is 0. The minimum Gasteiger partial charge on any atom is -0.481 e. The number of carbonyl (C=O) groups is 1. The molecule has 3 unspecified atom stereocenters. The second kappa shape index (κ2) is 5.91. The summed E-state index contributed by atoms with van der Waals surface area (Å²) in [5.41, 5.74) is -0.580. The van der Waals surface area contributed by atoms with Crippen molar-refractivity contribution in [2.24, 2.45) is 23.2 Å². The summed E-state index contributed by atoms with van der Waals surface area (Å²) in [6.45, 7) is 6.02. The maximum Gasteiger partial charge on any atom is 0.309 e. The van der Waals surface area contributed by atoms with E-state index in [2.05, 4.69) is 4.90 Å². The molecule has 0 aromatic heterocycles. The van der Waals surface area contributed by atoms with Crippen molar-refractivity contribution < 1.29 is 9.90 Å². The smallest absolute Gasteiger partial charge is 0.309 e. The molecular formula is C18H31NO2. The summed E-state index contributed by atoms with van der Waals surface area (Å²) in [5.74, 6) is 1.68. The van der Waals surface area contributed by atoms with Gasteiger partial charge in [0, 0.05) is 12.6 Å². The average Bonchev–Trinajstić information content (AvgIpc) is 3.32. The van der Waals surface area contributed by atoms with Crippen LogP contribution in [0.1, 0.15) is 65.2 Å². The third-order valence-corrected chi connectivity index (χ3v) is 6.52. The zero-order chi connectivity index (χ0) is 15.0. The van der Waals surface area contributed by atoms with Crippen molar-refractivity contribution in [3.05, 3.63) is 0 Å². The van der Waals surface area contributed by atoms with E-state index >= 15 is 0 Å². The molecule has 2 saturated carbocycles. The van der Waals surface area contributed by atoms with E-state index in [9.17, 15) is 9.90 Å². The van der Waals surface area contributed by atoms with Crippen LogP contribution in [0.15, 0.2) is 0 Å². The number of nitrogens with zero attached hydrogens (tertiary/aromatic N) is 1. The van der Waals surface area contributed by atoms with E-state index in [1.54, 1.807) is 0 Å². The highest BCUT2D eigenvalue weighted by Gasteiger charge is 2.42. The number of rotatable bonds is 4. The molecule has 0 amide bonds. The molecule has 1 N–H and O–H groups in total. The number of piperidine rings is 1. The normalized spacial score (nSPS) is 35.6. The van der Waals surface area contributed by atoms with Crippen molar-refractivity contribution in [3.63, 3.8) is 0 Å². The third-order valence-electron chi connectivity index (χ3n) is 6.52. The Morgan fingerprint density at radius 2 is 1.81 bits per heavy atom. The Kier molecular flexibility index (Phi) is 4.31. The van der Waals surface area contributed by atoms with Crippen LogP contribution < -0.4 is 0 Å². The van der Waals surface area contributed by atoms with E-state index in [0.29, 0.717) is 5.92 Å². The van der Waals surface area contributed by atoms with Crippen LogP contribution in [0, 0.1) is 23.2 Å². The number of carboxylic acids is 1. The zero-order valence-corrected chi connectivity index (χ0v) is 13.7. The van der Waals surface area contributed by atoms with Crippen molar-refractivity contribution in [1.82, 2.24) is 4.90 Å². The quantitative estimate of drug-likeness (QED) is 0.857. The molecular weight excluding hydrogens is 262 g/mol. The lowest BCUT2D eigenvalue weighted by atomic mass is 9.73. The molecule has 3 rings (SSSR count). The predicted octanol–water partition coefficient (Wildman–Crippen LogP) is 3.78. The van der Waals surface area contributed by atoms with Crippen molar-refractivity contribution in [2.45, 2.75) is 71.3 Å². The fourth-order valence-corrected chi connectivity index (χ4v) is 4.63. The summed E-state index contributed by atoms with van der Waals surface area (Å²) < 4.78 is 0. The molecule has 1 aliphatic heterocycles. The Labute approximate surface area is 129 Å². The Morgan fingerprint density at radius 1 is 1.05 bits per heavy atom. The summed E-state index contributed by atoms with van der Waals surface area (Å²) in [4.78, 5) is 14.2. The Hall–Kier alpha value is -0.570. The van der Waals surface area contributed by atoms with Gasteiger partial charge in [-0.05, 0) is 76.7 Å². The summed E-state index contributed by atoms with van der Waals surface area (Å²) in [6, 6.07) is 0.733. The first-order valence-corrected chi connectivity index (χ1v) is 8.96. The summed E-state index contributed by atoms with van der Waals surface area (Å²) in [5, 5.41) is 9.49. The minimum absolute atomic E-state index is 0.310. The van der Waals surface area contributed by atoms with Gasteiger partial charge in [-0.15, -0.1) is 0 Å². The fraction of sp³-hybridized carbons (Fsp3) is 0.944. The molecule has 1 saturated heterocycles. The van der Waals surface area contributed by atoms with E-state index in [0.717, 1.165) is 30.8 Å². The first kappa shape index (κ1) is 15.3. The summed E-state index contributed by atoms with van der Waals surface area (Å²) >= 11 is 0. The van der Waals surface area contributed by atoms with Crippen LogP contribution in [-0.4, -0.2) is 35.1 Å². The van der Waals surface area contributed by atoms with E-state index in [1.807, 2.05) is 13.8 Å². The van der Waals surface area contributed by atoms with Gasteiger partial charge >= 0.3 is 5.97 Å². The third kappa shape index (κ3) is 3.28. The average molecular weight is 293 g/mol. The van der Waals surface area contributed by atoms with E-state index in [4.69, 9.17) is 0 Å². The lowest BCUT2D eigenvalue weighted by Crippen LogP contribution is -2.49. The summed E-state index contributed by atoms with van der Waals surface area (Å²) in [6.07, 6.45) is 10.7. The largest absolute Gasteiger partial charge is 0.481 e. The Morgan fingerprint density at radius 3 is 2.48 bits per heavy atom. The lowest BCUT2D eigenvalue weighted by Gasteiger charge is -2.45. The van der Waals surface area contributed by atoms with Gasteiger partial charge < -0.3 is 10.0 Å². The van der Waals surface area contributed by atoms with Gasteiger partial charge in [-0.1, -0.05) is 12.8 Å². The van der Waals surface area contributed by atoms with Crippen LogP contribution in [0.2, 0.25) is 0 Å². The minimum atomic E-state index is -0.631. The molecule has 0 aromatic rings. The van der Waals surface area contributed by atoms with E-state index in [1.165, 1.54) is 51.5 Å². The molecule has 2 aliphatic carbocycles. The van der Waals surface area contributed by atoms with Crippen LogP contribution in [0.5, 0.6) is 0 Å². The van der Waals surface area contributed by atoms with Crippen LogP contribution in [0.4, 0.5) is 0 Å². The molecule has 3 aliphatic rings. The highest BCUT2D eigenvalue weighted by atomic mass is 16.4. The van der Waals surface area contributed by atoms with Gasteiger partial charge in [0.15, 0.2) is 0 Å². The fourth-order valence-electron chi connectivity index (χ4n) is 4.63. The molecule has 3 fully saturated rings. The molecule has 3 nitrogen and oxygen atoms in total. The second-order valence-corrected chi connectivity index (χ2v) is 8.28. The number of hydrogen-bond donors (Lipinski definition) is 1. The standard InChI is InChI=1S/C18H31NO2/c1-18(2,17(20)21)15-6-4-10-19(12-15)16-7-3-5-14(11-16)13-8-9-13/h13-16H,3-12H2,1-2H3,(H,20,21). The SMILES string of the molecule is CC(C)(C(=O)O)C1CCCN(C2CCCC(C3CC3)C2)C1. The van der Waals surface area contributed by atoms with E-state index < -0.39 is 11.4 Å². The van der Waals surface area contributed by atoms with Gasteiger partial charge in [0.05, 0.1) is 5.41 Å². The molecule has 0 bridgehead atoms. The van der Waals surface area contributed by atoms with Crippen molar-refractivity contribution in [2.75, 3.05) is 13.1 Å². The van der Waals surface area contributed by atoms with Gasteiger partial charge in [-0.25, -0.2) is 0 Å². The van der Waals surface area contributed by atoms with Crippen molar-refractivity contribution in [1.29, 1.82) is 0 Å². The number of aliphatic carboxylic acids is 1. The number of likely N-dealkylation sites (tertiary alicyclic amines) is 1. The van der Waals surface area contributed by atoms with Gasteiger partial charge in [-0.2, -0.15) is 0 Å². The monoisotopic (exact) mass is 293 g/mol. The Balaban J connectivity index is 1.61. The second-order valence-electron chi connectivity index (χ2n) is 8.28. The molecule has 1 heterocycles. The predicted molar refractivity (Wildman–Crippen MR) is 84.2 cm³/mol. The highest BCUT2D eigenvalue weighted by molar-refractivity contribution is 5.74. The molecule has 0 aromatic carbocycles. The van der Waals surface area contributed by atoms with Gasteiger partial charge in [0.25, 0.3) is 0 Å². The molecule has 0 radical (unpaired) electrons. The van der Waals surface area contributed by atoms with Gasteiger partial charge in [-0.3, -0.25) is 4.79 Å². The van der Waals surface area contributed by atoms with Crippen molar-refractivity contribution in [3.8, 4) is 0 Å². The molecule has 3 atom stereocenters. The maximum absolute atomic E-state index is 11.5. The van der Waals surface area contributed by atoms with Crippen LogP contribution in [-0.2, 0) is 4.79 Å².